The molecule has 0 bridgehead atoms. The Bertz CT molecular complexity index is 637. The fourth-order valence-electron chi connectivity index (χ4n) is 2.36. The number of benzene rings is 2. The highest BCUT2D eigenvalue weighted by atomic mass is 35.5. The van der Waals surface area contributed by atoms with E-state index in [1.165, 1.54) is 17.2 Å². The van der Waals surface area contributed by atoms with Crippen molar-refractivity contribution in [3.8, 4) is 11.1 Å². The summed E-state index contributed by atoms with van der Waals surface area (Å²) >= 11 is 6.26. The molecule has 0 saturated heterocycles. The van der Waals surface area contributed by atoms with Gasteiger partial charge in [-0.05, 0) is 55.6 Å². The van der Waals surface area contributed by atoms with Crippen molar-refractivity contribution < 1.29 is 4.39 Å². The van der Waals surface area contributed by atoms with E-state index in [9.17, 15) is 4.39 Å². The molecule has 0 aromatic heterocycles. The molecule has 0 saturated carbocycles. The molecule has 0 aliphatic heterocycles. The average Bonchev–Trinajstić information content (AvgIpc) is 2.45. The van der Waals surface area contributed by atoms with Gasteiger partial charge < -0.3 is 5.32 Å². The van der Waals surface area contributed by atoms with Crippen LogP contribution in [-0.4, -0.2) is 6.54 Å². The summed E-state index contributed by atoms with van der Waals surface area (Å²) in [5.74, 6) is -0.262. The Morgan fingerprint density at radius 1 is 1.10 bits per heavy atom. The molecular weight excluding hydrogens is 285 g/mol. The molecule has 0 aliphatic rings. The van der Waals surface area contributed by atoms with Gasteiger partial charge in [0.25, 0.3) is 0 Å². The van der Waals surface area contributed by atoms with Crippen molar-refractivity contribution in [3.05, 3.63) is 57.9 Å². The van der Waals surface area contributed by atoms with E-state index in [1.54, 1.807) is 6.92 Å². The summed E-state index contributed by atoms with van der Waals surface area (Å²) in [6, 6.07) is 9.55. The normalized spacial score (nSPS) is 10.9. The molecule has 1 nitrogen and oxygen atoms in total. The van der Waals surface area contributed by atoms with E-state index < -0.39 is 0 Å². The minimum Gasteiger partial charge on any atom is -0.313 e. The van der Waals surface area contributed by atoms with Crippen molar-refractivity contribution >= 4 is 11.6 Å². The van der Waals surface area contributed by atoms with Crippen LogP contribution in [0.1, 0.15) is 30.0 Å². The molecule has 0 amide bonds. The number of rotatable bonds is 5. The first-order valence-corrected chi connectivity index (χ1v) is 7.67. The van der Waals surface area contributed by atoms with E-state index in [0.717, 1.165) is 30.6 Å². The summed E-state index contributed by atoms with van der Waals surface area (Å²) in [7, 11) is 0. The lowest BCUT2D eigenvalue weighted by atomic mass is 9.96. The molecule has 0 aliphatic carbocycles. The summed E-state index contributed by atoms with van der Waals surface area (Å²) < 4.78 is 13.6. The van der Waals surface area contributed by atoms with Crippen LogP contribution in [0.5, 0.6) is 0 Å². The average molecular weight is 306 g/mol. The molecule has 0 radical (unpaired) electrons. The zero-order valence-electron chi connectivity index (χ0n) is 12.8. The van der Waals surface area contributed by atoms with Crippen LogP contribution in [-0.2, 0) is 6.54 Å². The second-order valence-corrected chi connectivity index (χ2v) is 5.83. The van der Waals surface area contributed by atoms with Crippen molar-refractivity contribution in [2.75, 3.05) is 6.54 Å². The molecule has 112 valence electrons. The SMILES string of the molecule is CCCNCc1ccc(C)cc1-c1cc(C)c(F)cc1Cl. The van der Waals surface area contributed by atoms with E-state index in [4.69, 9.17) is 11.6 Å². The second kappa shape index (κ2) is 7.06. The molecule has 0 unspecified atom stereocenters. The quantitative estimate of drug-likeness (QED) is 0.743. The van der Waals surface area contributed by atoms with Gasteiger partial charge in [0.1, 0.15) is 5.82 Å². The molecule has 3 heteroatoms. The second-order valence-electron chi connectivity index (χ2n) is 5.42. The van der Waals surface area contributed by atoms with Crippen LogP contribution in [0.25, 0.3) is 11.1 Å². The van der Waals surface area contributed by atoms with Crippen LogP contribution in [0.4, 0.5) is 4.39 Å². The van der Waals surface area contributed by atoms with Crippen LogP contribution in [0.3, 0.4) is 0 Å². The van der Waals surface area contributed by atoms with Crippen molar-refractivity contribution in [1.29, 1.82) is 0 Å². The first kappa shape index (κ1) is 16.0. The van der Waals surface area contributed by atoms with E-state index >= 15 is 0 Å². The van der Waals surface area contributed by atoms with Gasteiger partial charge in [0.05, 0.1) is 5.02 Å². The number of hydrogen-bond donors (Lipinski definition) is 1. The zero-order valence-corrected chi connectivity index (χ0v) is 13.5. The van der Waals surface area contributed by atoms with Crippen LogP contribution in [0.2, 0.25) is 5.02 Å². The third kappa shape index (κ3) is 3.84. The highest BCUT2D eigenvalue weighted by Crippen LogP contribution is 2.33. The van der Waals surface area contributed by atoms with Gasteiger partial charge in [-0.1, -0.05) is 42.3 Å². The van der Waals surface area contributed by atoms with Crippen LogP contribution < -0.4 is 5.32 Å². The Balaban J connectivity index is 2.46. The van der Waals surface area contributed by atoms with Crippen LogP contribution >= 0.6 is 11.6 Å². The van der Waals surface area contributed by atoms with Gasteiger partial charge in [-0.3, -0.25) is 0 Å². The van der Waals surface area contributed by atoms with Crippen molar-refractivity contribution in [1.82, 2.24) is 5.32 Å². The van der Waals surface area contributed by atoms with Crippen LogP contribution in [0, 0.1) is 19.7 Å². The highest BCUT2D eigenvalue weighted by molar-refractivity contribution is 6.33. The van der Waals surface area contributed by atoms with Gasteiger partial charge in [0, 0.05) is 12.1 Å². The van der Waals surface area contributed by atoms with Gasteiger partial charge in [-0.2, -0.15) is 0 Å². The number of hydrogen-bond acceptors (Lipinski definition) is 1. The first-order chi connectivity index (χ1) is 10.0. The van der Waals surface area contributed by atoms with E-state index in [1.807, 2.05) is 6.07 Å². The van der Waals surface area contributed by atoms with Gasteiger partial charge in [-0.25, -0.2) is 4.39 Å². The fourth-order valence-corrected chi connectivity index (χ4v) is 2.61. The summed E-state index contributed by atoms with van der Waals surface area (Å²) in [6.45, 7) is 7.72. The first-order valence-electron chi connectivity index (χ1n) is 7.29. The summed E-state index contributed by atoms with van der Waals surface area (Å²) in [4.78, 5) is 0. The lowest BCUT2D eigenvalue weighted by Gasteiger charge is -2.14. The molecule has 2 aromatic carbocycles. The molecular formula is C18H21ClFN. The molecule has 1 N–H and O–H groups in total. The summed E-state index contributed by atoms with van der Waals surface area (Å²) in [6.07, 6.45) is 1.09. The Labute approximate surface area is 131 Å². The Morgan fingerprint density at radius 2 is 1.86 bits per heavy atom. The molecule has 2 aromatic rings. The molecule has 21 heavy (non-hydrogen) atoms. The third-order valence-electron chi connectivity index (χ3n) is 3.55. The largest absolute Gasteiger partial charge is 0.313 e. The monoisotopic (exact) mass is 305 g/mol. The fraction of sp³-hybridized carbons (Fsp3) is 0.333. The standard InChI is InChI=1S/C18H21ClFN/c1-4-7-21-11-14-6-5-12(2)8-15(14)16-9-13(3)18(20)10-17(16)19/h5-6,8-10,21H,4,7,11H2,1-3H3. The zero-order chi connectivity index (χ0) is 15.4. The van der Waals surface area contributed by atoms with E-state index in [2.05, 4.69) is 37.4 Å². The number of aryl methyl sites for hydroxylation is 2. The van der Waals surface area contributed by atoms with E-state index in [0.29, 0.717) is 10.6 Å². The molecule has 2 rings (SSSR count). The van der Waals surface area contributed by atoms with Crippen molar-refractivity contribution in [2.24, 2.45) is 0 Å². The maximum Gasteiger partial charge on any atom is 0.127 e. The van der Waals surface area contributed by atoms with Gasteiger partial charge in [0.2, 0.25) is 0 Å². The van der Waals surface area contributed by atoms with Crippen molar-refractivity contribution in [3.63, 3.8) is 0 Å². The predicted molar refractivity (Wildman–Crippen MR) is 88.3 cm³/mol. The Hall–Kier alpha value is -1.38. The maximum atomic E-state index is 13.6. The van der Waals surface area contributed by atoms with Gasteiger partial charge >= 0.3 is 0 Å². The Kier molecular flexibility index (Phi) is 5.38. The number of halogens is 2. The molecule has 0 spiro atoms. The smallest absolute Gasteiger partial charge is 0.127 e. The minimum absolute atomic E-state index is 0.262. The van der Waals surface area contributed by atoms with E-state index in [-0.39, 0.29) is 5.82 Å². The highest BCUT2D eigenvalue weighted by Gasteiger charge is 2.12. The van der Waals surface area contributed by atoms with Gasteiger partial charge in [0.15, 0.2) is 0 Å². The summed E-state index contributed by atoms with van der Waals surface area (Å²) in [5, 5.41) is 3.87. The topological polar surface area (TPSA) is 12.0 Å². The molecule has 0 heterocycles. The lowest BCUT2D eigenvalue weighted by molar-refractivity contribution is 0.619. The van der Waals surface area contributed by atoms with Crippen LogP contribution in [0.15, 0.2) is 30.3 Å². The maximum absolute atomic E-state index is 13.6. The minimum atomic E-state index is -0.262. The third-order valence-corrected chi connectivity index (χ3v) is 3.86. The van der Waals surface area contributed by atoms with Gasteiger partial charge in [-0.15, -0.1) is 0 Å². The number of nitrogens with one attached hydrogen (secondary N) is 1. The molecule has 0 fully saturated rings. The lowest BCUT2D eigenvalue weighted by Crippen LogP contribution is -2.14. The predicted octanol–water partition coefficient (Wildman–Crippen LogP) is 5.26. The summed E-state index contributed by atoms with van der Waals surface area (Å²) in [5.41, 5.74) is 4.94. The molecule has 0 atom stereocenters. The van der Waals surface area contributed by atoms with Crippen molar-refractivity contribution in [2.45, 2.75) is 33.7 Å². The Morgan fingerprint density at radius 3 is 2.57 bits per heavy atom.